The summed E-state index contributed by atoms with van der Waals surface area (Å²) in [7, 11) is -1.52. The first-order valence-corrected chi connectivity index (χ1v) is 2.05. The monoisotopic (exact) mass is 134 g/mol. The Bertz CT molecular complexity index is 51.4. The lowest BCUT2D eigenvalue weighted by Crippen LogP contribution is -2.06. The van der Waals surface area contributed by atoms with E-state index in [9.17, 15) is 13.2 Å². The third-order valence-corrected chi connectivity index (χ3v) is 0.484. The zero-order chi connectivity index (χ0) is 5.91. The van der Waals surface area contributed by atoms with Gasteiger partial charge in [0.1, 0.15) is 0 Å². The second-order valence-corrected chi connectivity index (χ2v) is 1.03. The van der Waals surface area contributed by atoms with E-state index in [1.54, 1.807) is 0 Å². The average Bonchev–Trinajstić information content (AvgIpc) is 1.30. The summed E-state index contributed by atoms with van der Waals surface area (Å²) < 4.78 is 34.9. The highest BCUT2D eigenvalue weighted by molar-refractivity contribution is 7.25. The summed E-state index contributed by atoms with van der Waals surface area (Å²) in [5.74, 6) is 0. The molecular formula is CH2F3O2P. The lowest BCUT2D eigenvalue weighted by atomic mass is 11.4. The Hall–Kier alpha value is 0.140. The maximum absolute atomic E-state index is 10.7. The summed E-state index contributed by atoms with van der Waals surface area (Å²) in [5, 5.41) is 0. The van der Waals surface area contributed by atoms with Crippen LogP contribution in [0.5, 0.6) is 0 Å². The summed E-state index contributed by atoms with van der Waals surface area (Å²) >= 11 is 0. The van der Waals surface area contributed by atoms with E-state index in [1.165, 1.54) is 0 Å². The van der Waals surface area contributed by atoms with Gasteiger partial charge in [0.2, 0.25) is 0 Å². The van der Waals surface area contributed by atoms with E-state index < -0.39 is 15.4 Å². The maximum atomic E-state index is 10.7. The van der Waals surface area contributed by atoms with Crippen LogP contribution < -0.4 is 0 Å². The van der Waals surface area contributed by atoms with Gasteiger partial charge in [-0.05, 0) is 0 Å². The van der Waals surface area contributed by atoms with Crippen LogP contribution in [0.1, 0.15) is 0 Å². The minimum absolute atomic E-state index is 1.52. The molecule has 0 saturated carbocycles. The van der Waals surface area contributed by atoms with Crippen LogP contribution in [0.3, 0.4) is 0 Å². The molecule has 0 spiro atoms. The highest BCUT2D eigenvalue weighted by atomic mass is 31.1. The standard InChI is InChI=1S/CH2F3O2P/c2-1(3,4)6-7-5/h5,7H. The zero-order valence-corrected chi connectivity index (χ0v) is 3.99. The van der Waals surface area contributed by atoms with E-state index in [0.29, 0.717) is 0 Å². The molecule has 6 heteroatoms. The Morgan fingerprint density at radius 3 is 1.86 bits per heavy atom. The number of hydrogen-bond acceptors (Lipinski definition) is 2. The van der Waals surface area contributed by atoms with Crippen LogP contribution in [-0.4, -0.2) is 11.3 Å². The normalized spacial score (nSPS) is 13.7. The van der Waals surface area contributed by atoms with E-state index in [1.807, 2.05) is 0 Å². The first-order valence-electron chi connectivity index (χ1n) is 1.20. The van der Waals surface area contributed by atoms with Gasteiger partial charge in [-0.3, -0.25) is 0 Å². The van der Waals surface area contributed by atoms with Crippen molar-refractivity contribution in [3.8, 4) is 0 Å². The van der Waals surface area contributed by atoms with Crippen LogP contribution in [0.4, 0.5) is 13.2 Å². The third-order valence-electron chi connectivity index (χ3n) is 0.161. The molecule has 7 heavy (non-hydrogen) atoms. The van der Waals surface area contributed by atoms with Crippen LogP contribution in [0, 0.1) is 0 Å². The van der Waals surface area contributed by atoms with Gasteiger partial charge in [0, 0.05) is 0 Å². The molecule has 1 atom stereocenters. The summed E-state index contributed by atoms with van der Waals surface area (Å²) in [6.07, 6.45) is -4.69. The molecule has 0 bridgehead atoms. The van der Waals surface area contributed by atoms with Crippen molar-refractivity contribution in [2.75, 3.05) is 0 Å². The summed E-state index contributed by atoms with van der Waals surface area (Å²) in [4.78, 5) is 7.49. The Kier molecular flexibility index (Phi) is 2.50. The second-order valence-electron chi connectivity index (χ2n) is 0.639. The van der Waals surface area contributed by atoms with Crippen LogP contribution >= 0.6 is 9.03 Å². The quantitative estimate of drug-likeness (QED) is 0.542. The van der Waals surface area contributed by atoms with Crippen molar-refractivity contribution in [1.82, 2.24) is 0 Å². The predicted octanol–water partition coefficient (Wildman–Crippen LogP) is 1.02. The fraction of sp³-hybridized carbons (Fsp3) is 1.00. The van der Waals surface area contributed by atoms with Gasteiger partial charge in [-0.2, -0.15) is 0 Å². The molecule has 0 aliphatic carbocycles. The van der Waals surface area contributed by atoms with Crippen molar-refractivity contribution in [2.45, 2.75) is 6.36 Å². The molecule has 44 valence electrons. The van der Waals surface area contributed by atoms with Crippen molar-refractivity contribution < 1.29 is 22.6 Å². The highest BCUT2D eigenvalue weighted by Gasteiger charge is 2.28. The van der Waals surface area contributed by atoms with Gasteiger partial charge in [0.05, 0.1) is 0 Å². The predicted molar refractivity (Wildman–Crippen MR) is 17.7 cm³/mol. The molecule has 0 fully saturated rings. The van der Waals surface area contributed by atoms with Crippen LogP contribution in [0.25, 0.3) is 0 Å². The van der Waals surface area contributed by atoms with Gasteiger partial charge < -0.3 is 4.89 Å². The van der Waals surface area contributed by atoms with Crippen molar-refractivity contribution in [1.29, 1.82) is 0 Å². The minimum atomic E-state index is -4.69. The Balaban J connectivity index is 3.15. The second kappa shape index (κ2) is 2.45. The molecule has 0 aromatic rings. The first-order chi connectivity index (χ1) is 3.06. The van der Waals surface area contributed by atoms with Gasteiger partial charge >= 0.3 is 6.36 Å². The molecule has 2 nitrogen and oxygen atoms in total. The Labute approximate surface area is 39.2 Å². The summed E-state index contributed by atoms with van der Waals surface area (Å²) in [6.45, 7) is 0. The summed E-state index contributed by atoms with van der Waals surface area (Å²) in [5.41, 5.74) is 0. The van der Waals surface area contributed by atoms with Gasteiger partial charge in [0.25, 0.3) is 0 Å². The number of hydrogen-bond donors (Lipinski definition) is 1. The van der Waals surface area contributed by atoms with Crippen LogP contribution in [0.15, 0.2) is 0 Å². The molecule has 0 radical (unpaired) electrons. The molecule has 0 aliphatic rings. The zero-order valence-electron chi connectivity index (χ0n) is 2.99. The lowest BCUT2D eigenvalue weighted by Gasteiger charge is -1.99. The van der Waals surface area contributed by atoms with Gasteiger partial charge in [-0.1, -0.05) is 0 Å². The number of alkyl halides is 3. The molecule has 0 aromatic heterocycles. The molecule has 0 aromatic carbocycles. The van der Waals surface area contributed by atoms with Crippen LogP contribution in [-0.2, 0) is 4.52 Å². The molecule has 0 heterocycles. The topological polar surface area (TPSA) is 29.5 Å². The van der Waals surface area contributed by atoms with Crippen molar-refractivity contribution in [3.05, 3.63) is 0 Å². The van der Waals surface area contributed by atoms with Gasteiger partial charge in [0.15, 0.2) is 9.03 Å². The molecule has 1 unspecified atom stereocenters. The maximum Gasteiger partial charge on any atom is 0.527 e. The van der Waals surface area contributed by atoms with E-state index in [4.69, 9.17) is 4.89 Å². The first kappa shape index (κ1) is 7.14. The van der Waals surface area contributed by atoms with Crippen LogP contribution in [0.2, 0.25) is 0 Å². The molecular weight excluding hydrogens is 132 g/mol. The smallest absolute Gasteiger partial charge is 0.352 e. The van der Waals surface area contributed by atoms with E-state index in [-0.39, 0.29) is 0 Å². The van der Waals surface area contributed by atoms with E-state index >= 15 is 0 Å². The molecule has 0 aliphatic heterocycles. The molecule has 0 rings (SSSR count). The molecule has 0 saturated heterocycles. The fourth-order valence-electron chi connectivity index (χ4n) is 0.0518. The fourth-order valence-corrected chi connectivity index (χ4v) is 0.155. The van der Waals surface area contributed by atoms with Crippen molar-refractivity contribution >= 4 is 9.03 Å². The average molecular weight is 134 g/mol. The summed E-state index contributed by atoms with van der Waals surface area (Å²) in [6, 6.07) is 0. The lowest BCUT2D eigenvalue weighted by molar-refractivity contribution is -0.272. The van der Waals surface area contributed by atoms with Crippen molar-refractivity contribution in [2.24, 2.45) is 0 Å². The number of halogens is 3. The third kappa shape index (κ3) is 6.14. The van der Waals surface area contributed by atoms with Gasteiger partial charge in [-0.25, -0.2) is 4.52 Å². The SMILES string of the molecule is OPOC(F)(F)F. The highest BCUT2D eigenvalue weighted by Crippen LogP contribution is 2.24. The molecule has 1 N–H and O–H groups in total. The van der Waals surface area contributed by atoms with E-state index in [0.717, 1.165) is 0 Å². The Morgan fingerprint density at radius 2 is 1.86 bits per heavy atom. The van der Waals surface area contributed by atoms with E-state index in [2.05, 4.69) is 4.52 Å². The minimum Gasteiger partial charge on any atom is -0.352 e. The largest absolute Gasteiger partial charge is 0.527 e. The van der Waals surface area contributed by atoms with Gasteiger partial charge in [-0.15, -0.1) is 13.2 Å². The van der Waals surface area contributed by atoms with Crippen molar-refractivity contribution in [3.63, 3.8) is 0 Å². The Morgan fingerprint density at radius 1 is 1.43 bits per heavy atom. The molecule has 0 amide bonds. The number of rotatable bonds is 1.